The van der Waals surface area contributed by atoms with E-state index in [-0.39, 0.29) is 10.8 Å². The molecule has 0 spiro atoms. The van der Waals surface area contributed by atoms with Crippen LogP contribution in [0.2, 0.25) is 5.02 Å². The summed E-state index contributed by atoms with van der Waals surface area (Å²) >= 11 is 5.90. The van der Waals surface area contributed by atoms with Crippen molar-refractivity contribution in [3.8, 4) is 0 Å². The SMILES string of the molecule is Fc1cccc(CNC2CCCCC2)c1Cl. The van der Waals surface area contributed by atoms with Gasteiger partial charge in [0.25, 0.3) is 0 Å². The van der Waals surface area contributed by atoms with Crippen LogP contribution >= 0.6 is 11.6 Å². The van der Waals surface area contributed by atoms with E-state index in [0.717, 1.165) is 5.56 Å². The Balaban J connectivity index is 1.91. The van der Waals surface area contributed by atoms with Gasteiger partial charge in [-0.3, -0.25) is 0 Å². The molecule has 0 saturated heterocycles. The van der Waals surface area contributed by atoms with Gasteiger partial charge >= 0.3 is 0 Å². The van der Waals surface area contributed by atoms with Gasteiger partial charge in [0.2, 0.25) is 0 Å². The molecule has 1 fully saturated rings. The molecule has 1 aliphatic carbocycles. The first kappa shape index (κ1) is 11.9. The molecule has 3 heteroatoms. The van der Waals surface area contributed by atoms with Gasteiger partial charge < -0.3 is 5.32 Å². The van der Waals surface area contributed by atoms with Crippen LogP contribution < -0.4 is 5.32 Å². The third kappa shape index (κ3) is 2.96. The first-order valence-electron chi connectivity index (χ1n) is 5.93. The third-order valence-corrected chi connectivity index (χ3v) is 3.64. The normalized spacial score (nSPS) is 17.6. The number of hydrogen-bond acceptors (Lipinski definition) is 1. The number of benzene rings is 1. The molecular formula is C13H17ClFN. The van der Waals surface area contributed by atoms with E-state index < -0.39 is 0 Å². The zero-order valence-electron chi connectivity index (χ0n) is 9.31. The van der Waals surface area contributed by atoms with Crippen LogP contribution in [0.5, 0.6) is 0 Å². The second-order valence-corrected chi connectivity index (χ2v) is 4.81. The van der Waals surface area contributed by atoms with Crippen molar-refractivity contribution >= 4 is 11.6 Å². The highest BCUT2D eigenvalue weighted by atomic mass is 35.5. The Kier molecular flexibility index (Phi) is 4.19. The minimum absolute atomic E-state index is 0.255. The van der Waals surface area contributed by atoms with Crippen molar-refractivity contribution in [1.29, 1.82) is 0 Å². The lowest BCUT2D eigenvalue weighted by molar-refractivity contribution is 0.372. The lowest BCUT2D eigenvalue weighted by Crippen LogP contribution is -2.30. The monoisotopic (exact) mass is 241 g/mol. The highest BCUT2D eigenvalue weighted by Crippen LogP contribution is 2.21. The second-order valence-electron chi connectivity index (χ2n) is 4.43. The fraction of sp³-hybridized carbons (Fsp3) is 0.538. The van der Waals surface area contributed by atoms with Crippen molar-refractivity contribution in [3.63, 3.8) is 0 Å². The Hall–Kier alpha value is -0.600. The molecule has 1 aromatic carbocycles. The lowest BCUT2D eigenvalue weighted by atomic mass is 9.95. The first-order chi connectivity index (χ1) is 7.77. The first-order valence-corrected chi connectivity index (χ1v) is 6.31. The molecule has 0 bridgehead atoms. The van der Waals surface area contributed by atoms with Crippen LogP contribution in [-0.2, 0) is 6.54 Å². The van der Waals surface area contributed by atoms with E-state index in [4.69, 9.17) is 11.6 Å². The van der Waals surface area contributed by atoms with Crippen LogP contribution in [0.25, 0.3) is 0 Å². The van der Waals surface area contributed by atoms with E-state index in [0.29, 0.717) is 12.6 Å². The summed E-state index contributed by atoms with van der Waals surface area (Å²) < 4.78 is 13.2. The highest BCUT2D eigenvalue weighted by Gasteiger charge is 2.13. The average Bonchev–Trinajstić information content (AvgIpc) is 2.32. The van der Waals surface area contributed by atoms with E-state index >= 15 is 0 Å². The quantitative estimate of drug-likeness (QED) is 0.846. The van der Waals surface area contributed by atoms with Gasteiger partial charge in [-0.1, -0.05) is 43.0 Å². The van der Waals surface area contributed by atoms with Crippen LogP contribution in [0, 0.1) is 5.82 Å². The minimum Gasteiger partial charge on any atom is -0.310 e. The van der Waals surface area contributed by atoms with Gasteiger partial charge in [0, 0.05) is 12.6 Å². The molecule has 0 heterocycles. The smallest absolute Gasteiger partial charge is 0.142 e. The molecule has 16 heavy (non-hydrogen) atoms. The van der Waals surface area contributed by atoms with Crippen molar-refractivity contribution in [2.75, 3.05) is 0 Å². The Bertz CT molecular complexity index is 348. The molecule has 0 aromatic heterocycles. The van der Waals surface area contributed by atoms with Gasteiger partial charge in [0.05, 0.1) is 5.02 Å². The summed E-state index contributed by atoms with van der Waals surface area (Å²) in [6, 6.07) is 5.56. The van der Waals surface area contributed by atoms with Crippen LogP contribution in [0.15, 0.2) is 18.2 Å². The van der Waals surface area contributed by atoms with Gasteiger partial charge in [-0.05, 0) is 24.5 Å². The maximum atomic E-state index is 13.2. The minimum atomic E-state index is -0.329. The zero-order chi connectivity index (χ0) is 11.4. The number of nitrogens with one attached hydrogen (secondary N) is 1. The molecule has 1 nitrogen and oxygen atoms in total. The second kappa shape index (κ2) is 5.65. The summed E-state index contributed by atoms with van der Waals surface area (Å²) in [7, 11) is 0. The largest absolute Gasteiger partial charge is 0.310 e. The van der Waals surface area contributed by atoms with Gasteiger partial charge in [0.15, 0.2) is 0 Å². The summed E-state index contributed by atoms with van der Waals surface area (Å²) in [5.74, 6) is -0.329. The Labute approximate surface area is 101 Å². The van der Waals surface area contributed by atoms with Crippen molar-refractivity contribution < 1.29 is 4.39 Å². The molecule has 2 rings (SSSR count). The van der Waals surface area contributed by atoms with E-state index in [1.165, 1.54) is 38.2 Å². The summed E-state index contributed by atoms with van der Waals surface area (Å²) in [5, 5.41) is 3.71. The predicted octanol–water partition coefficient (Wildman–Crippen LogP) is 3.90. The van der Waals surface area contributed by atoms with Gasteiger partial charge in [-0.25, -0.2) is 4.39 Å². The topological polar surface area (TPSA) is 12.0 Å². The molecular weight excluding hydrogens is 225 g/mol. The standard InChI is InChI=1S/C13H17ClFN/c14-13-10(5-4-8-12(13)15)9-16-11-6-2-1-3-7-11/h4-5,8,11,16H,1-3,6-7,9H2. The van der Waals surface area contributed by atoms with Gasteiger partial charge in [-0.2, -0.15) is 0 Å². The van der Waals surface area contributed by atoms with Crippen molar-refractivity contribution in [2.24, 2.45) is 0 Å². The maximum absolute atomic E-state index is 13.2. The molecule has 0 atom stereocenters. The zero-order valence-corrected chi connectivity index (χ0v) is 10.1. The third-order valence-electron chi connectivity index (χ3n) is 3.22. The fourth-order valence-electron chi connectivity index (χ4n) is 2.25. The number of rotatable bonds is 3. The van der Waals surface area contributed by atoms with E-state index in [2.05, 4.69) is 5.32 Å². The molecule has 0 unspecified atom stereocenters. The summed E-state index contributed by atoms with van der Waals surface area (Å²) in [6.45, 7) is 0.668. The Morgan fingerprint density at radius 3 is 2.75 bits per heavy atom. The van der Waals surface area contributed by atoms with Gasteiger partial charge in [-0.15, -0.1) is 0 Å². The van der Waals surface area contributed by atoms with Crippen LogP contribution in [0.4, 0.5) is 4.39 Å². The summed E-state index contributed by atoms with van der Waals surface area (Å²) in [4.78, 5) is 0. The Morgan fingerprint density at radius 1 is 1.25 bits per heavy atom. The molecule has 88 valence electrons. The van der Waals surface area contributed by atoms with Crippen molar-refractivity contribution in [3.05, 3.63) is 34.6 Å². The predicted molar refractivity (Wildman–Crippen MR) is 65.1 cm³/mol. The number of halogens is 2. The molecule has 1 saturated carbocycles. The fourth-order valence-corrected chi connectivity index (χ4v) is 2.44. The van der Waals surface area contributed by atoms with Gasteiger partial charge in [0.1, 0.15) is 5.82 Å². The molecule has 0 radical (unpaired) electrons. The van der Waals surface area contributed by atoms with Crippen LogP contribution in [0.3, 0.4) is 0 Å². The van der Waals surface area contributed by atoms with E-state index in [9.17, 15) is 4.39 Å². The Morgan fingerprint density at radius 2 is 2.00 bits per heavy atom. The summed E-state index contributed by atoms with van der Waals surface area (Å²) in [6.07, 6.45) is 6.40. The summed E-state index contributed by atoms with van der Waals surface area (Å²) in [5.41, 5.74) is 0.854. The molecule has 1 aromatic rings. The van der Waals surface area contributed by atoms with E-state index in [1.54, 1.807) is 6.07 Å². The molecule has 1 aliphatic rings. The average molecular weight is 242 g/mol. The molecule has 0 amide bonds. The van der Waals surface area contributed by atoms with Crippen LogP contribution in [-0.4, -0.2) is 6.04 Å². The lowest BCUT2D eigenvalue weighted by Gasteiger charge is -2.23. The van der Waals surface area contributed by atoms with Crippen molar-refractivity contribution in [2.45, 2.75) is 44.7 Å². The highest BCUT2D eigenvalue weighted by molar-refractivity contribution is 6.31. The van der Waals surface area contributed by atoms with Crippen LogP contribution in [0.1, 0.15) is 37.7 Å². The molecule has 1 N–H and O–H groups in total. The number of hydrogen-bond donors (Lipinski definition) is 1. The molecule has 0 aliphatic heterocycles. The maximum Gasteiger partial charge on any atom is 0.142 e. The van der Waals surface area contributed by atoms with E-state index in [1.807, 2.05) is 6.07 Å². The van der Waals surface area contributed by atoms with Crippen molar-refractivity contribution in [1.82, 2.24) is 5.32 Å².